The molecule has 1 aromatic rings. The number of rotatable bonds is 4. The van der Waals surface area contributed by atoms with Crippen molar-refractivity contribution < 1.29 is 37.7 Å². The monoisotopic (exact) mass is 280 g/mol. The van der Waals surface area contributed by atoms with Crippen LogP contribution in [0.2, 0.25) is 0 Å². The van der Waals surface area contributed by atoms with Crippen LogP contribution >= 0.6 is 0 Å². The number of carboxylic acid groups (broad SMARTS) is 1. The van der Waals surface area contributed by atoms with Crippen LogP contribution < -0.4 is 9.47 Å². The quantitative estimate of drug-likeness (QED) is 0.875. The van der Waals surface area contributed by atoms with Crippen LogP contribution in [0.25, 0.3) is 0 Å². The Bertz CT molecular complexity index is 486. The molecule has 1 atom stereocenters. The number of carbonyl (C=O) groups is 1. The number of methoxy groups -OCH3 is 2. The molecule has 0 fully saturated rings. The van der Waals surface area contributed by atoms with Crippen LogP contribution in [0.5, 0.6) is 11.5 Å². The molecule has 2 N–H and O–H groups in total. The summed E-state index contributed by atoms with van der Waals surface area (Å²) in [5.74, 6) is -2.43. The molecule has 0 saturated carbocycles. The van der Waals surface area contributed by atoms with E-state index in [-0.39, 0.29) is 11.5 Å². The number of carboxylic acids is 1. The van der Waals surface area contributed by atoms with Gasteiger partial charge in [-0.3, -0.25) is 0 Å². The molecule has 0 bridgehead atoms. The molecule has 0 aliphatic heterocycles. The molecule has 0 aromatic heterocycles. The summed E-state index contributed by atoms with van der Waals surface area (Å²) >= 11 is 0. The number of benzene rings is 1. The van der Waals surface area contributed by atoms with E-state index in [4.69, 9.17) is 14.6 Å². The van der Waals surface area contributed by atoms with Crippen molar-refractivity contribution in [1.82, 2.24) is 0 Å². The molecule has 0 heterocycles. The number of halogens is 3. The van der Waals surface area contributed by atoms with Gasteiger partial charge in [-0.05, 0) is 12.1 Å². The van der Waals surface area contributed by atoms with Crippen molar-refractivity contribution in [3.8, 4) is 11.5 Å². The second-order valence-electron chi connectivity index (χ2n) is 3.58. The molecule has 0 aliphatic carbocycles. The summed E-state index contributed by atoms with van der Waals surface area (Å²) in [5.41, 5.74) is -4.88. The van der Waals surface area contributed by atoms with Crippen LogP contribution in [0.4, 0.5) is 13.2 Å². The Balaban J connectivity index is 3.45. The third kappa shape index (κ3) is 2.43. The second-order valence-corrected chi connectivity index (χ2v) is 3.58. The van der Waals surface area contributed by atoms with E-state index in [1.165, 1.54) is 14.2 Å². The van der Waals surface area contributed by atoms with E-state index in [0.29, 0.717) is 0 Å². The zero-order valence-electron chi connectivity index (χ0n) is 9.99. The lowest BCUT2D eigenvalue weighted by atomic mass is 9.93. The molecule has 0 spiro atoms. The lowest BCUT2D eigenvalue weighted by Gasteiger charge is -2.26. The van der Waals surface area contributed by atoms with E-state index in [0.717, 1.165) is 18.2 Å². The molecule has 5 nitrogen and oxygen atoms in total. The molecule has 1 aromatic carbocycles. The van der Waals surface area contributed by atoms with Gasteiger partial charge in [0.1, 0.15) is 0 Å². The van der Waals surface area contributed by atoms with Gasteiger partial charge in [0, 0.05) is 5.56 Å². The zero-order valence-corrected chi connectivity index (χ0v) is 9.99. The van der Waals surface area contributed by atoms with Gasteiger partial charge in [-0.1, -0.05) is 6.07 Å². The molecule has 0 amide bonds. The summed E-state index contributed by atoms with van der Waals surface area (Å²) in [6.07, 6.45) is -5.38. The Labute approximate surface area is 106 Å². The minimum atomic E-state index is -5.38. The van der Waals surface area contributed by atoms with Gasteiger partial charge in [0.05, 0.1) is 14.2 Å². The van der Waals surface area contributed by atoms with Crippen molar-refractivity contribution in [2.45, 2.75) is 11.8 Å². The molecule has 0 saturated heterocycles. The van der Waals surface area contributed by atoms with Gasteiger partial charge >= 0.3 is 12.1 Å². The minimum Gasteiger partial charge on any atom is -0.493 e. The van der Waals surface area contributed by atoms with Crippen molar-refractivity contribution in [2.75, 3.05) is 14.2 Å². The van der Waals surface area contributed by atoms with Gasteiger partial charge in [-0.25, -0.2) is 4.79 Å². The summed E-state index contributed by atoms with van der Waals surface area (Å²) in [4.78, 5) is 10.8. The Hall–Kier alpha value is -1.96. The summed E-state index contributed by atoms with van der Waals surface area (Å²) in [6, 6.07) is 2.65. The SMILES string of the molecule is COc1ccc([C@@](O)(C(=O)O)C(F)(F)F)cc1OC. The molecule has 0 radical (unpaired) electrons. The lowest BCUT2D eigenvalue weighted by Crippen LogP contribution is -2.49. The molecule has 19 heavy (non-hydrogen) atoms. The Kier molecular flexibility index (Phi) is 3.94. The number of alkyl halides is 3. The maximum absolute atomic E-state index is 12.8. The fraction of sp³-hybridized carbons (Fsp3) is 0.364. The average Bonchev–Trinajstić information content (AvgIpc) is 2.35. The molecule has 0 aliphatic rings. The predicted octanol–water partition coefficient (Wildman–Crippen LogP) is 1.54. The highest BCUT2D eigenvalue weighted by Gasteiger charge is 2.61. The highest BCUT2D eigenvalue weighted by molar-refractivity contribution is 5.80. The summed E-state index contributed by atoms with van der Waals surface area (Å²) in [5, 5.41) is 18.1. The normalized spacial score (nSPS) is 14.6. The number of hydrogen-bond acceptors (Lipinski definition) is 4. The van der Waals surface area contributed by atoms with Crippen LogP contribution in [0.1, 0.15) is 5.56 Å². The zero-order chi connectivity index (χ0) is 14.8. The molecule has 8 heteroatoms. The first-order valence-electron chi connectivity index (χ1n) is 4.93. The fourth-order valence-corrected chi connectivity index (χ4v) is 1.47. The van der Waals surface area contributed by atoms with Crippen LogP contribution in [-0.4, -0.2) is 36.6 Å². The maximum atomic E-state index is 12.8. The van der Waals surface area contributed by atoms with Crippen LogP contribution in [0.15, 0.2) is 18.2 Å². The number of hydrogen-bond donors (Lipinski definition) is 2. The van der Waals surface area contributed by atoms with Crippen molar-refractivity contribution >= 4 is 5.97 Å². The fourth-order valence-electron chi connectivity index (χ4n) is 1.47. The first kappa shape index (κ1) is 15.1. The smallest absolute Gasteiger partial charge is 0.432 e. The Morgan fingerprint density at radius 3 is 2.05 bits per heavy atom. The Morgan fingerprint density at radius 1 is 1.16 bits per heavy atom. The number of aliphatic hydroxyl groups is 1. The second kappa shape index (κ2) is 4.96. The third-order valence-electron chi connectivity index (χ3n) is 2.52. The molecule has 0 unspecified atom stereocenters. The molecular weight excluding hydrogens is 269 g/mol. The van der Waals surface area contributed by atoms with Gasteiger partial charge in [-0.15, -0.1) is 0 Å². The van der Waals surface area contributed by atoms with Crippen LogP contribution in [-0.2, 0) is 10.4 Å². The van der Waals surface area contributed by atoms with Crippen molar-refractivity contribution in [1.29, 1.82) is 0 Å². The highest BCUT2D eigenvalue weighted by Crippen LogP contribution is 2.41. The summed E-state index contributed by atoms with van der Waals surface area (Å²) in [7, 11) is 2.44. The average molecular weight is 280 g/mol. The van der Waals surface area contributed by atoms with Crippen LogP contribution in [0, 0.1) is 0 Å². The van der Waals surface area contributed by atoms with E-state index in [1.807, 2.05) is 0 Å². The molecule has 106 valence electrons. The van der Waals surface area contributed by atoms with E-state index >= 15 is 0 Å². The largest absolute Gasteiger partial charge is 0.493 e. The first-order chi connectivity index (χ1) is 8.68. The number of ether oxygens (including phenoxy) is 2. The van der Waals surface area contributed by atoms with E-state index in [9.17, 15) is 23.1 Å². The van der Waals surface area contributed by atoms with E-state index in [1.54, 1.807) is 0 Å². The summed E-state index contributed by atoms with van der Waals surface area (Å²) < 4.78 is 47.9. The van der Waals surface area contributed by atoms with Gasteiger partial charge in [0.2, 0.25) is 0 Å². The van der Waals surface area contributed by atoms with Gasteiger partial charge in [-0.2, -0.15) is 13.2 Å². The standard InChI is InChI=1S/C11H11F3O5/c1-18-7-4-3-6(5-8(7)19-2)10(17,9(15)16)11(12,13)14/h3-5,17H,1-2H3,(H,15,16)/t10-/m1/s1. The third-order valence-corrected chi connectivity index (χ3v) is 2.52. The predicted molar refractivity (Wildman–Crippen MR) is 57.1 cm³/mol. The lowest BCUT2D eigenvalue weighted by molar-refractivity contribution is -0.265. The van der Waals surface area contributed by atoms with Gasteiger partial charge in [0.15, 0.2) is 11.5 Å². The minimum absolute atomic E-state index is 0.112. The van der Waals surface area contributed by atoms with Crippen LogP contribution in [0.3, 0.4) is 0 Å². The number of aliphatic carboxylic acids is 1. The van der Waals surface area contributed by atoms with Gasteiger partial charge in [0.25, 0.3) is 5.60 Å². The van der Waals surface area contributed by atoms with E-state index in [2.05, 4.69) is 0 Å². The topological polar surface area (TPSA) is 76.0 Å². The van der Waals surface area contributed by atoms with E-state index < -0.39 is 23.3 Å². The van der Waals surface area contributed by atoms with Crippen molar-refractivity contribution in [3.05, 3.63) is 23.8 Å². The highest BCUT2D eigenvalue weighted by atomic mass is 19.4. The van der Waals surface area contributed by atoms with Crippen molar-refractivity contribution in [2.24, 2.45) is 0 Å². The first-order valence-corrected chi connectivity index (χ1v) is 4.93. The van der Waals surface area contributed by atoms with Crippen molar-refractivity contribution in [3.63, 3.8) is 0 Å². The molecular formula is C11H11F3O5. The maximum Gasteiger partial charge on any atom is 0.432 e. The Morgan fingerprint density at radius 2 is 1.68 bits per heavy atom. The summed E-state index contributed by atoms with van der Waals surface area (Å²) in [6.45, 7) is 0. The molecule has 1 rings (SSSR count). The van der Waals surface area contributed by atoms with Gasteiger partial charge < -0.3 is 19.7 Å².